The third-order valence-electron chi connectivity index (χ3n) is 5.90. The number of aliphatic carboxylic acids is 1. The molecule has 0 saturated carbocycles. The Bertz CT molecular complexity index is 1470. The maximum Gasteiger partial charge on any atom is 0.514 e. The predicted octanol–water partition coefficient (Wildman–Crippen LogP) is 3.11. The zero-order valence-corrected chi connectivity index (χ0v) is 25.8. The average molecular weight is 703 g/mol. The zero-order chi connectivity index (χ0) is 37.3. The van der Waals surface area contributed by atoms with E-state index in [-0.39, 0.29) is 37.4 Å². The molecule has 0 bridgehead atoms. The number of nitrogens with one attached hydrogen (secondary N) is 4. The molecule has 0 heterocycles. The molecule has 2 unspecified atom stereocenters. The van der Waals surface area contributed by atoms with Crippen LogP contribution in [0.5, 0.6) is 5.75 Å². The van der Waals surface area contributed by atoms with E-state index in [9.17, 15) is 47.3 Å². The molecule has 5 amide bonds. The largest absolute Gasteiger partial charge is 0.514 e. The number of non-ortho nitro benzene ring substituents is 1. The minimum absolute atomic E-state index is 0.0640. The smallest absolute Gasteiger partial charge is 0.475 e. The summed E-state index contributed by atoms with van der Waals surface area (Å²) in [5.74, 6) is -4.37. The van der Waals surface area contributed by atoms with Crippen molar-refractivity contribution in [3.63, 3.8) is 0 Å². The Balaban J connectivity index is 0.00000154. The number of nitrogens with two attached hydrogens (primary N) is 1. The molecular weight excluding hydrogens is 669 g/mol. The number of hydrogen-bond acceptors (Lipinski definition) is 10. The van der Waals surface area contributed by atoms with E-state index >= 15 is 0 Å². The molecule has 49 heavy (non-hydrogen) atoms. The second-order valence-corrected chi connectivity index (χ2v) is 10.0. The second-order valence-electron chi connectivity index (χ2n) is 10.0. The lowest BCUT2D eigenvalue weighted by Crippen LogP contribution is -2.54. The first-order chi connectivity index (χ1) is 22.8. The number of carboxylic acid groups (broad SMARTS) is 2. The zero-order valence-electron chi connectivity index (χ0n) is 25.8. The van der Waals surface area contributed by atoms with Crippen LogP contribution in [0.3, 0.4) is 0 Å². The molecule has 21 heteroatoms. The Labute approximate surface area is 275 Å². The van der Waals surface area contributed by atoms with Crippen molar-refractivity contribution in [1.82, 2.24) is 16.0 Å². The maximum absolute atomic E-state index is 13.0. The topological polar surface area (TPSA) is 279 Å². The first-order valence-corrected chi connectivity index (χ1v) is 13.9. The third-order valence-corrected chi connectivity index (χ3v) is 5.90. The number of primary amides is 1. The Morgan fingerprint density at radius 2 is 1.51 bits per heavy atom. The van der Waals surface area contributed by atoms with Gasteiger partial charge in [-0.1, -0.05) is 26.0 Å². The highest BCUT2D eigenvalue weighted by molar-refractivity contribution is 5.98. The SMILES string of the molecule is CC(C)C(NC(=O)O)C(=O)NC(CCCNC(N)=O)C(=O)Nc1ccc(COC(=O)Oc2ccc([N+](=O)[O-])cc2)cc1.O=C(O)C(F)(F)F. The van der Waals surface area contributed by atoms with Crippen LogP contribution in [0.25, 0.3) is 0 Å². The second kappa shape index (κ2) is 19.5. The first-order valence-electron chi connectivity index (χ1n) is 13.9. The van der Waals surface area contributed by atoms with Crippen molar-refractivity contribution in [3.8, 4) is 5.75 Å². The number of ether oxygens (including phenoxy) is 2. The summed E-state index contributed by atoms with van der Waals surface area (Å²) in [5, 5.41) is 36.6. The number of alkyl halides is 3. The standard InChI is InChI=1S/C26H32N6O10.C2HF3O2/c1-15(2)21(31-25(36)37)23(34)30-20(4-3-13-28-24(27)35)22(33)29-17-7-5-16(6-8-17)14-41-26(38)42-19-11-9-18(10-12-19)32(39)40;3-2(4,5)1(6)7/h5-12,15,20-21,31H,3-4,13-14H2,1-2H3,(H,29,33)(H,30,34)(H,36,37)(H3,27,28,35);(H,6,7). The number of halogens is 3. The van der Waals surface area contributed by atoms with Crippen LogP contribution in [0, 0.1) is 16.0 Å². The number of amides is 5. The minimum Gasteiger partial charge on any atom is -0.475 e. The summed E-state index contributed by atoms with van der Waals surface area (Å²) in [6.07, 6.45) is -7.10. The van der Waals surface area contributed by atoms with Gasteiger partial charge in [-0.3, -0.25) is 19.7 Å². The van der Waals surface area contributed by atoms with Crippen molar-refractivity contribution in [1.29, 1.82) is 0 Å². The fraction of sp³-hybridized carbons (Fsp3) is 0.357. The Hall–Kier alpha value is -6.15. The fourth-order valence-corrected chi connectivity index (χ4v) is 3.53. The highest BCUT2D eigenvalue weighted by Crippen LogP contribution is 2.18. The first kappa shape index (κ1) is 40.9. The lowest BCUT2D eigenvalue weighted by atomic mass is 10.0. The van der Waals surface area contributed by atoms with Crippen LogP contribution in [0.4, 0.5) is 38.9 Å². The number of nitrogens with zero attached hydrogens (tertiary/aromatic N) is 1. The molecule has 0 radical (unpaired) electrons. The van der Waals surface area contributed by atoms with Crippen molar-refractivity contribution in [2.75, 3.05) is 11.9 Å². The van der Waals surface area contributed by atoms with E-state index in [1.165, 1.54) is 36.4 Å². The van der Waals surface area contributed by atoms with Crippen LogP contribution in [0.15, 0.2) is 48.5 Å². The van der Waals surface area contributed by atoms with Gasteiger partial charge in [-0.05, 0) is 48.6 Å². The number of benzene rings is 2. The molecule has 0 aliphatic rings. The van der Waals surface area contributed by atoms with E-state index in [0.717, 1.165) is 0 Å². The quantitative estimate of drug-likeness (QED) is 0.0492. The summed E-state index contributed by atoms with van der Waals surface area (Å²) in [6, 6.07) is 8.18. The van der Waals surface area contributed by atoms with E-state index in [4.69, 9.17) is 30.2 Å². The monoisotopic (exact) mass is 702 g/mol. The molecule has 8 N–H and O–H groups in total. The lowest BCUT2D eigenvalue weighted by molar-refractivity contribution is -0.384. The van der Waals surface area contributed by atoms with Crippen LogP contribution < -0.4 is 31.7 Å². The van der Waals surface area contributed by atoms with Crippen molar-refractivity contribution in [2.24, 2.45) is 11.7 Å². The molecule has 0 aromatic heterocycles. The van der Waals surface area contributed by atoms with Gasteiger partial charge >= 0.3 is 30.4 Å². The summed E-state index contributed by atoms with van der Waals surface area (Å²) < 4.78 is 41.7. The normalized spacial score (nSPS) is 11.8. The summed E-state index contributed by atoms with van der Waals surface area (Å²) in [4.78, 5) is 78.8. The molecule has 0 spiro atoms. The van der Waals surface area contributed by atoms with Gasteiger partial charge in [0.1, 0.15) is 24.4 Å². The Morgan fingerprint density at radius 1 is 0.939 bits per heavy atom. The van der Waals surface area contributed by atoms with Crippen LogP contribution in [0.1, 0.15) is 32.3 Å². The van der Waals surface area contributed by atoms with Gasteiger partial charge in [0, 0.05) is 24.4 Å². The number of hydrogen-bond donors (Lipinski definition) is 7. The van der Waals surface area contributed by atoms with E-state index in [1.54, 1.807) is 26.0 Å². The molecule has 18 nitrogen and oxygen atoms in total. The number of carbonyl (C=O) groups is 6. The van der Waals surface area contributed by atoms with Gasteiger partial charge < -0.3 is 46.7 Å². The number of carboxylic acids is 1. The molecule has 2 atom stereocenters. The Kier molecular flexibility index (Phi) is 16.3. The fourth-order valence-electron chi connectivity index (χ4n) is 3.53. The number of nitro groups is 1. The van der Waals surface area contributed by atoms with Gasteiger partial charge in [0.2, 0.25) is 11.8 Å². The van der Waals surface area contributed by atoms with Gasteiger partial charge in [0.25, 0.3) is 5.69 Å². The lowest BCUT2D eigenvalue weighted by Gasteiger charge is -2.24. The van der Waals surface area contributed by atoms with Crippen LogP contribution >= 0.6 is 0 Å². The van der Waals surface area contributed by atoms with Gasteiger partial charge in [0.05, 0.1) is 4.92 Å². The summed E-state index contributed by atoms with van der Waals surface area (Å²) in [7, 11) is 0. The van der Waals surface area contributed by atoms with Gasteiger partial charge in [-0.2, -0.15) is 13.2 Å². The summed E-state index contributed by atoms with van der Waals surface area (Å²) in [6.45, 7) is 3.27. The van der Waals surface area contributed by atoms with Crippen molar-refractivity contribution in [2.45, 2.75) is 51.6 Å². The molecule has 0 aliphatic carbocycles. The van der Waals surface area contributed by atoms with E-state index in [1.807, 2.05) is 0 Å². The number of nitro benzene ring substituents is 1. The maximum atomic E-state index is 13.0. The van der Waals surface area contributed by atoms with Crippen molar-refractivity contribution >= 4 is 47.4 Å². The van der Waals surface area contributed by atoms with Gasteiger partial charge in [-0.15, -0.1) is 0 Å². The highest BCUT2D eigenvalue weighted by atomic mass is 19.4. The average Bonchev–Trinajstić information content (AvgIpc) is 3.00. The highest BCUT2D eigenvalue weighted by Gasteiger charge is 2.38. The van der Waals surface area contributed by atoms with E-state index < -0.39 is 65.2 Å². The van der Waals surface area contributed by atoms with Crippen molar-refractivity contribution < 1.29 is 66.5 Å². The third kappa shape index (κ3) is 16.3. The summed E-state index contributed by atoms with van der Waals surface area (Å²) >= 11 is 0. The molecule has 268 valence electrons. The van der Waals surface area contributed by atoms with E-state index in [2.05, 4.69) is 21.3 Å². The molecule has 0 fully saturated rings. The van der Waals surface area contributed by atoms with Gasteiger partial charge in [-0.25, -0.2) is 19.2 Å². The molecule has 2 rings (SSSR count). The number of carbonyl (C=O) groups excluding carboxylic acids is 4. The number of anilines is 1. The van der Waals surface area contributed by atoms with Crippen LogP contribution in [0.2, 0.25) is 0 Å². The summed E-state index contributed by atoms with van der Waals surface area (Å²) in [5.41, 5.74) is 5.80. The molecule has 2 aromatic carbocycles. The number of urea groups is 1. The minimum atomic E-state index is -5.08. The molecule has 0 aliphatic heterocycles. The Morgan fingerprint density at radius 3 is 1.98 bits per heavy atom. The molecule has 2 aromatic rings. The van der Waals surface area contributed by atoms with Crippen LogP contribution in [-0.4, -0.2) is 76.0 Å². The van der Waals surface area contributed by atoms with Crippen LogP contribution in [-0.2, 0) is 25.7 Å². The van der Waals surface area contributed by atoms with Crippen molar-refractivity contribution in [3.05, 3.63) is 64.2 Å². The predicted molar refractivity (Wildman–Crippen MR) is 161 cm³/mol. The molecular formula is C28H33F3N6O12. The van der Waals surface area contributed by atoms with E-state index in [0.29, 0.717) is 11.3 Å². The van der Waals surface area contributed by atoms with Gasteiger partial charge in [0.15, 0.2) is 0 Å². The molecule has 0 saturated heterocycles. The number of rotatable bonds is 14.